The number of carbonyl (C=O) groups is 2. The molecule has 2 aromatic carbocycles. The first kappa shape index (κ1) is 19.4. The second-order valence-electron chi connectivity index (χ2n) is 6.69. The van der Waals surface area contributed by atoms with Gasteiger partial charge in [0, 0.05) is 6.54 Å². The van der Waals surface area contributed by atoms with E-state index in [1.807, 2.05) is 24.3 Å². The summed E-state index contributed by atoms with van der Waals surface area (Å²) in [5.74, 6) is 0.00701. The maximum atomic E-state index is 12.1. The zero-order valence-corrected chi connectivity index (χ0v) is 15.6. The van der Waals surface area contributed by atoms with Crippen LogP contribution in [0.4, 0.5) is 4.79 Å². The Bertz CT molecular complexity index is 891. The van der Waals surface area contributed by atoms with Gasteiger partial charge in [0.2, 0.25) is 0 Å². The van der Waals surface area contributed by atoms with Gasteiger partial charge < -0.3 is 26.3 Å². The molecule has 1 aliphatic rings. The Balaban J connectivity index is 1.54. The van der Waals surface area contributed by atoms with Gasteiger partial charge in [-0.05, 0) is 47.1 Å². The molecule has 1 amide bonds. The normalized spacial score (nSPS) is 12.4. The standard InChI is InChI=1S/C21H24N4O3/c22-20(23)24-10-4-7-16(12-26)25-21(27)28-13-15-6-3-9-18-17-8-2-1-5-14(17)11-19(15)18/h1-3,5-6,8-9,12,16H,4,7,10-11,13H2,(H,25,27)(H4,22,23,24). The Kier molecular flexibility index (Phi) is 6.26. The van der Waals surface area contributed by atoms with E-state index in [1.54, 1.807) is 0 Å². The average Bonchev–Trinajstić information content (AvgIpc) is 3.08. The first-order valence-electron chi connectivity index (χ1n) is 9.21. The van der Waals surface area contributed by atoms with Gasteiger partial charge in [-0.25, -0.2) is 4.79 Å². The van der Waals surface area contributed by atoms with E-state index in [4.69, 9.17) is 16.2 Å². The number of amides is 1. The molecule has 3 rings (SSSR count). The SMILES string of the molecule is NC(N)=NCCCC(C=O)NC(=O)OCc1cccc2c1Cc1ccccc1-2. The summed E-state index contributed by atoms with van der Waals surface area (Å²) < 4.78 is 5.35. The van der Waals surface area contributed by atoms with Crippen molar-refractivity contribution in [2.24, 2.45) is 16.5 Å². The van der Waals surface area contributed by atoms with Crippen LogP contribution < -0.4 is 16.8 Å². The Morgan fingerprint density at radius 2 is 1.96 bits per heavy atom. The van der Waals surface area contributed by atoms with E-state index in [-0.39, 0.29) is 12.6 Å². The molecule has 0 saturated heterocycles. The van der Waals surface area contributed by atoms with Gasteiger partial charge in [-0.2, -0.15) is 0 Å². The number of hydrogen-bond donors (Lipinski definition) is 3. The van der Waals surface area contributed by atoms with Crippen LogP contribution >= 0.6 is 0 Å². The number of nitrogens with zero attached hydrogens (tertiary/aromatic N) is 1. The van der Waals surface area contributed by atoms with E-state index in [2.05, 4.69) is 28.5 Å². The van der Waals surface area contributed by atoms with Gasteiger partial charge >= 0.3 is 6.09 Å². The number of guanidine groups is 1. The lowest BCUT2D eigenvalue weighted by molar-refractivity contribution is -0.109. The van der Waals surface area contributed by atoms with Gasteiger partial charge in [0.05, 0.1) is 6.04 Å². The lowest BCUT2D eigenvalue weighted by atomic mass is 10.0. The van der Waals surface area contributed by atoms with Crippen molar-refractivity contribution in [2.75, 3.05) is 6.54 Å². The van der Waals surface area contributed by atoms with Crippen LogP contribution in [0.25, 0.3) is 11.1 Å². The van der Waals surface area contributed by atoms with E-state index >= 15 is 0 Å². The molecule has 2 aromatic rings. The first-order valence-corrected chi connectivity index (χ1v) is 9.21. The molecule has 0 radical (unpaired) electrons. The van der Waals surface area contributed by atoms with E-state index in [1.165, 1.54) is 22.3 Å². The molecule has 0 bridgehead atoms. The van der Waals surface area contributed by atoms with Crippen molar-refractivity contribution in [3.8, 4) is 11.1 Å². The largest absolute Gasteiger partial charge is 0.445 e. The number of rotatable bonds is 8. The lowest BCUT2D eigenvalue weighted by Crippen LogP contribution is -2.36. The summed E-state index contributed by atoms with van der Waals surface area (Å²) in [6, 6.07) is 13.7. The van der Waals surface area contributed by atoms with Crippen molar-refractivity contribution in [3.05, 3.63) is 59.2 Å². The Morgan fingerprint density at radius 3 is 2.75 bits per heavy atom. The summed E-state index contributed by atoms with van der Waals surface area (Å²) in [6.45, 7) is 0.558. The maximum absolute atomic E-state index is 12.1. The molecule has 0 heterocycles. The fraction of sp³-hybridized carbons (Fsp3) is 0.286. The number of fused-ring (bicyclic) bond motifs is 3. The molecular formula is C21H24N4O3. The predicted octanol–water partition coefficient (Wildman–Crippen LogP) is 2.11. The molecule has 1 unspecified atom stereocenters. The number of carbonyl (C=O) groups excluding carboxylic acids is 2. The Morgan fingerprint density at radius 1 is 1.18 bits per heavy atom. The fourth-order valence-corrected chi connectivity index (χ4v) is 3.39. The van der Waals surface area contributed by atoms with Crippen molar-refractivity contribution in [1.29, 1.82) is 0 Å². The molecule has 0 fully saturated rings. The van der Waals surface area contributed by atoms with Crippen LogP contribution in [-0.2, 0) is 22.6 Å². The van der Waals surface area contributed by atoms with Crippen molar-refractivity contribution in [2.45, 2.75) is 31.9 Å². The minimum Gasteiger partial charge on any atom is -0.445 e. The van der Waals surface area contributed by atoms with Crippen LogP contribution in [0.3, 0.4) is 0 Å². The third-order valence-electron chi connectivity index (χ3n) is 4.74. The first-order chi connectivity index (χ1) is 13.6. The predicted molar refractivity (Wildman–Crippen MR) is 108 cm³/mol. The molecule has 7 heteroatoms. The van der Waals surface area contributed by atoms with E-state index < -0.39 is 12.1 Å². The summed E-state index contributed by atoms with van der Waals surface area (Å²) in [5.41, 5.74) is 16.3. The molecule has 1 atom stereocenters. The van der Waals surface area contributed by atoms with Crippen LogP contribution in [0, 0.1) is 0 Å². The fourth-order valence-electron chi connectivity index (χ4n) is 3.39. The average molecular weight is 380 g/mol. The molecule has 1 aliphatic carbocycles. The number of nitrogens with two attached hydrogens (primary N) is 2. The molecular weight excluding hydrogens is 356 g/mol. The number of ether oxygens (including phenoxy) is 1. The summed E-state index contributed by atoms with van der Waals surface area (Å²) in [4.78, 5) is 27.1. The second-order valence-corrected chi connectivity index (χ2v) is 6.69. The molecule has 0 aromatic heterocycles. The van der Waals surface area contributed by atoms with E-state index in [0.717, 1.165) is 12.0 Å². The van der Waals surface area contributed by atoms with Crippen LogP contribution in [0.2, 0.25) is 0 Å². The van der Waals surface area contributed by atoms with Crippen molar-refractivity contribution >= 4 is 18.3 Å². The summed E-state index contributed by atoms with van der Waals surface area (Å²) in [7, 11) is 0. The highest BCUT2D eigenvalue weighted by molar-refractivity contribution is 5.78. The molecule has 0 aliphatic heterocycles. The van der Waals surface area contributed by atoms with Gasteiger partial charge in [0.15, 0.2) is 5.96 Å². The van der Waals surface area contributed by atoms with E-state index in [0.29, 0.717) is 25.7 Å². The smallest absolute Gasteiger partial charge is 0.408 e. The van der Waals surface area contributed by atoms with Crippen LogP contribution in [0.1, 0.15) is 29.5 Å². The van der Waals surface area contributed by atoms with Gasteiger partial charge in [-0.3, -0.25) is 4.99 Å². The molecule has 5 N–H and O–H groups in total. The number of aliphatic imine (C=N–C) groups is 1. The number of nitrogens with one attached hydrogen (secondary N) is 1. The minimum absolute atomic E-state index is 0.00701. The summed E-state index contributed by atoms with van der Waals surface area (Å²) in [5, 5.41) is 2.57. The summed E-state index contributed by atoms with van der Waals surface area (Å²) >= 11 is 0. The summed E-state index contributed by atoms with van der Waals surface area (Å²) in [6.07, 6.45) is 1.91. The second kappa shape index (κ2) is 9.03. The maximum Gasteiger partial charge on any atom is 0.408 e. The molecule has 7 nitrogen and oxygen atoms in total. The minimum atomic E-state index is -0.632. The van der Waals surface area contributed by atoms with Crippen LogP contribution in [0.5, 0.6) is 0 Å². The van der Waals surface area contributed by atoms with E-state index in [9.17, 15) is 9.59 Å². The molecule has 28 heavy (non-hydrogen) atoms. The lowest BCUT2D eigenvalue weighted by Gasteiger charge is -2.14. The number of hydrogen-bond acceptors (Lipinski definition) is 4. The van der Waals surface area contributed by atoms with Gasteiger partial charge in [-0.15, -0.1) is 0 Å². The highest BCUT2D eigenvalue weighted by Gasteiger charge is 2.21. The van der Waals surface area contributed by atoms with Gasteiger partial charge in [0.25, 0.3) is 0 Å². The monoisotopic (exact) mass is 380 g/mol. The zero-order chi connectivity index (χ0) is 19.9. The zero-order valence-electron chi connectivity index (χ0n) is 15.6. The molecule has 146 valence electrons. The number of alkyl carbamates (subject to hydrolysis) is 1. The van der Waals surface area contributed by atoms with Crippen molar-refractivity contribution in [1.82, 2.24) is 5.32 Å². The number of aldehydes is 1. The van der Waals surface area contributed by atoms with Crippen LogP contribution in [0.15, 0.2) is 47.5 Å². The third kappa shape index (κ3) is 4.68. The molecule has 0 spiro atoms. The van der Waals surface area contributed by atoms with Crippen LogP contribution in [-0.4, -0.2) is 30.9 Å². The third-order valence-corrected chi connectivity index (χ3v) is 4.74. The van der Waals surface area contributed by atoms with Crippen molar-refractivity contribution in [3.63, 3.8) is 0 Å². The highest BCUT2D eigenvalue weighted by Crippen LogP contribution is 2.38. The Hall–Kier alpha value is -3.35. The number of benzene rings is 2. The quantitative estimate of drug-likeness (QED) is 0.239. The Labute approximate surface area is 163 Å². The van der Waals surface area contributed by atoms with Gasteiger partial charge in [0.1, 0.15) is 12.9 Å². The van der Waals surface area contributed by atoms with Gasteiger partial charge in [-0.1, -0.05) is 42.5 Å². The van der Waals surface area contributed by atoms with Crippen molar-refractivity contribution < 1.29 is 14.3 Å². The molecule has 0 saturated carbocycles. The highest BCUT2D eigenvalue weighted by atomic mass is 16.5. The topological polar surface area (TPSA) is 120 Å².